The molecule has 1 amide bonds. The molecule has 0 atom stereocenters. The molecule has 0 bridgehead atoms. The van der Waals surface area contributed by atoms with E-state index in [-0.39, 0.29) is 5.91 Å². The summed E-state index contributed by atoms with van der Waals surface area (Å²) in [5.41, 5.74) is 0.657. The van der Waals surface area contributed by atoms with Crippen LogP contribution in [0.15, 0.2) is 47.1 Å². The second kappa shape index (κ2) is 7.66. The average Bonchev–Trinajstić information content (AvgIpc) is 3.07. The highest BCUT2D eigenvalue weighted by Crippen LogP contribution is 2.19. The van der Waals surface area contributed by atoms with Gasteiger partial charge in [-0.25, -0.2) is 0 Å². The van der Waals surface area contributed by atoms with Crippen LogP contribution in [0, 0.1) is 5.92 Å². The van der Waals surface area contributed by atoms with Gasteiger partial charge in [0.05, 0.1) is 12.8 Å². The van der Waals surface area contributed by atoms with Crippen LogP contribution in [-0.4, -0.2) is 30.4 Å². The van der Waals surface area contributed by atoms with Crippen LogP contribution in [0.1, 0.15) is 29.0 Å². The lowest BCUT2D eigenvalue weighted by Gasteiger charge is -2.31. The van der Waals surface area contributed by atoms with Crippen molar-refractivity contribution in [2.45, 2.75) is 19.4 Å². The van der Waals surface area contributed by atoms with Gasteiger partial charge >= 0.3 is 0 Å². The predicted molar refractivity (Wildman–Crippen MR) is 90.5 cm³/mol. The fraction of sp³-hybridized carbons (Fsp3) is 0.389. The molecule has 5 heteroatoms. The van der Waals surface area contributed by atoms with Crippen LogP contribution in [0.25, 0.3) is 0 Å². The monoisotopic (exact) mass is 332 g/mol. The van der Waals surface area contributed by atoms with E-state index in [0.29, 0.717) is 16.5 Å². The molecule has 1 aliphatic heterocycles. The number of rotatable bonds is 5. The molecule has 0 radical (unpaired) electrons. The summed E-state index contributed by atoms with van der Waals surface area (Å²) in [4.78, 5) is 14.5. The van der Waals surface area contributed by atoms with Gasteiger partial charge in [0.25, 0.3) is 5.91 Å². The third-order valence-corrected chi connectivity index (χ3v) is 4.58. The fourth-order valence-electron chi connectivity index (χ4n) is 2.91. The molecule has 2 aromatic rings. The number of benzene rings is 1. The summed E-state index contributed by atoms with van der Waals surface area (Å²) >= 11 is 5.84. The van der Waals surface area contributed by atoms with Crippen molar-refractivity contribution in [2.24, 2.45) is 5.92 Å². The lowest BCUT2D eigenvalue weighted by Crippen LogP contribution is -2.38. The maximum Gasteiger partial charge on any atom is 0.251 e. The summed E-state index contributed by atoms with van der Waals surface area (Å²) in [7, 11) is 0. The first kappa shape index (κ1) is 16.1. The van der Waals surface area contributed by atoms with Gasteiger partial charge in [0.1, 0.15) is 5.76 Å². The van der Waals surface area contributed by atoms with E-state index in [4.69, 9.17) is 16.0 Å². The first-order chi connectivity index (χ1) is 11.2. The number of nitrogens with one attached hydrogen (secondary N) is 1. The van der Waals surface area contributed by atoms with Crippen LogP contribution in [0.3, 0.4) is 0 Å². The van der Waals surface area contributed by atoms with Gasteiger partial charge < -0.3 is 9.73 Å². The molecule has 1 saturated heterocycles. The van der Waals surface area contributed by atoms with Gasteiger partial charge in [0, 0.05) is 17.1 Å². The number of carbonyl (C=O) groups is 1. The maximum atomic E-state index is 12.1. The Morgan fingerprint density at radius 2 is 1.96 bits per heavy atom. The Bertz CT molecular complexity index is 617. The maximum absolute atomic E-state index is 12.1. The third-order valence-electron chi connectivity index (χ3n) is 4.32. The number of likely N-dealkylation sites (tertiary alicyclic amines) is 1. The van der Waals surface area contributed by atoms with Gasteiger partial charge in [0.15, 0.2) is 0 Å². The first-order valence-corrected chi connectivity index (χ1v) is 8.37. The molecule has 0 saturated carbocycles. The summed E-state index contributed by atoms with van der Waals surface area (Å²) in [6.45, 7) is 3.69. The summed E-state index contributed by atoms with van der Waals surface area (Å²) < 4.78 is 5.39. The molecule has 1 aromatic heterocycles. The van der Waals surface area contributed by atoms with Crippen LogP contribution in [0.4, 0.5) is 0 Å². The highest BCUT2D eigenvalue weighted by atomic mass is 35.5. The Kier molecular flexibility index (Phi) is 5.36. The van der Waals surface area contributed by atoms with Gasteiger partial charge in [0.2, 0.25) is 0 Å². The lowest BCUT2D eigenvalue weighted by molar-refractivity contribution is 0.0934. The van der Waals surface area contributed by atoms with Gasteiger partial charge in [-0.1, -0.05) is 11.6 Å². The fourth-order valence-corrected chi connectivity index (χ4v) is 3.04. The lowest BCUT2D eigenvalue weighted by atomic mass is 9.96. The summed E-state index contributed by atoms with van der Waals surface area (Å²) in [6, 6.07) is 10.9. The Hall–Kier alpha value is -1.78. The van der Waals surface area contributed by atoms with E-state index in [2.05, 4.69) is 10.2 Å². The number of piperidine rings is 1. The minimum absolute atomic E-state index is 0.0281. The molecule has 1 fully saturated rings. The largest absolute Gasteiger partial charge is 0.468 e. The van der Waals surface area contributed by atoms with Crippen LogP contribution >= 0.6 is 11.6 Å². The molecule has 2 heterocycles. The molecule has 4 nitrogen and oxygen atoms in total. The Balaban J connectivity index is 1.40. The van der Waals surface area contributed by atoms with Crippen molar-refractivity contribution in [3.8, 4) is 0 Å². The molecule has 0 spiro atoms. The van der Waals surface area contributed by atoms with Gasteiger partial charge in [-0.2, -0.15) is 0 Å². The normalized spacial score (nSPS) is 16.4. The molecule has 0 aliphatic carbocycles. The molecule has 23 heavy (non-hydrogen) atoms. The van der Waals surface area contributed by atoms with E-state index >= 15 is 0 Å². The van der Waals surface area contributed by atoms with E-state index in [1.807, 2.05) is 12.1 Å². The smallest absolute Gasteiger partial charge is 0.251 e. The molecule has 122 valence electrons. The minimum Gasteiger partial charge on any atom is -0.468 e. The number of hydrogen-bond donors (Lipinski definition) is 1. The molecular formula is C18H21ClN2O2. The number of amides is 1. The third kappa shape index (κ3) is 4.60. The topological polar surface area (TPSA) is 45.5 Å². The van der Waals surface area contributed by atoms with Crippen molar-refractivity contribution in [1.29, 1.82) is 0 Å². The number of nitrogens with zero attached hydrogens (tertiary/aromatic N) is 1. The molecule has 1 aliphatic rings. The van der Waals surface area contributed by atoms with Crippen LogP contribution in [0.2, 0.25) is 5.02 Å². The Morgan fingerprint density at radius 3 is 2.61 bits per heavy atom. The van der Waals surface area contributed by atoms with Crippen molar-refractivity contribution in [3.63, 3.8) is 0 Å². The standard InChI is InChI=1S/C18H21ClN2O2/c19-16-5-3-15(4-6-16)18(22)20-12-14-7-9-21(10-8-14)13-17-2-1-11-23-17/h1-6,11,14H,7-10,12-13H2,(H,20,22). The zero-order chi connectivity index (χ0) is 16.1. The van der Waals surface area contributed by atoms with E-state index in [9.17, 15) is 4.79 Å². The summed E-state index contributed by atoms with van der Waals surface area (Å²) in [5.74, 6) is 1.53. The quantitative estimate of drug-likeness (QED) is 0.910. The number of furan rings is 1. The van der Waals surface area contributed by atoms with Crippen LogP contribution in [-0.2, 0) is 6.54 Å². The minimum atomic E-state index is -0.0281. The van der Waals surface area contributed by atoms with E-state index in [0.717, 1.165) is 44.8 Å². The van der Waals surface area contributed by atoms with E-state index in [1.165, 1.54) is 0 Å². The van der Waals surface area contributed by atoms with Crippen molar-refractivity contribution < 1.29 is 9.21 Å². The molecule has 3 rings (SSSR count). The Labute approximate surface area is 141 Å². The van der Waals surface area contributed by atoms with Crippen LogP contribution < -0.4 is 5.32 Å². The van der Waals surface area contributed by atoms with Crippen molar-refractivity contribution >= 4 is 17.5 Å². The predicted octanol–water partition coefficient (Wildman–Crippen LogP) is 3.58. The number of hydrogen-bond acceptors (Lipinski definition) is 3. The zero-order valence-corrected chi connectivity index (χ0v) is 13.8. The van der Waals surface area contributed by atoms with Gasteiger partial charge in [-0.3, -0.25) is 9.69 Å². The molecule has 1 N–H and O–H groups in total. The van der Waals surface area contributed by atoms with Gasteiger partial charge in [-0.05, 0) is 68.2 Å². The highest BCUT2D eigenvalue weighted by molar-refractivity contribution is 6.30. The first-order valence-electron chi connectivity index (χ1n) is 7.99. The number of carbonyl (C=O) groups excluding carboxylic acids is 1. The second-order valence-corrected chi connectivity index (χ2v) is 6.45. The zero-order valence-electron chi connectivity index (χ0n) is 13.0. The SMILES string of the molecule is O=C(NCC1CCN(Cc2ccco2)CC1)c1ccc(Cl)cc1. The van der Waals surface area contributed by atoms with Crippen molar-refractivity contribution in [2.75, 3.05) is 19.6 Å². The summed E-state index contributed by atoms with van der Waals surface area (Å²) in [5, 5.41) is 3.67. The van der Waals surface area contributed by atoms with E-state index in [1.54, 1.807) is 30.5 Å². The molecular weight excluding hydrogens is 312 g/mol. The molecule has 0 unspecified atom stereocenters. The van der Waals surface area contributed by atoms with Gasteiger partial charge in [-0.15, -0.1) is 0 Å². The highest BCUT2D eigenvalue weighted by Gasteiger charge is 2.20. The number of halogens is 1. The Morgan fingerprint density at radius 1 is 1.22 bits per heavy atom. The summed E-state index contributed by atoms with van der Waals surface area (Å²) in [6.07, 6.45) is 3.91. The van der Waals surface area contributed by atoms with Crippen molar-refractivity contribution in [1.82, 2.24) is 10.2 Å². The van der Waals surface area contributed by atoms with Crippen LogP contribution in [0.5, 0.6) is 0 Å². The second-order valence-electron chi connectivity index (χ2n) is 6.02. The molecule has 1 aromatic carbocycles. The average molecular weight is 333 g/mol. The van der Waals surface area contributed by atoms with Crippen molar-refractivity contribution in [3.05, 3.63) is 59.0 Å². The van der Waals surface area contributed by atoms with E-state index < -0.39 is 0 Å².